The Morgan fingerprint density at radius 3 is 2.84 bits per heavy atom. The van der Waals surface area contributed by atoms with Crippen molar-refractivity contribution in [3.8, 4) is 11.8 Å². The minimum absolute atomic E-state index is 0.0497. The minimum Gasteiger partial charge on any atom is -0.381 e. The zero-order chi connectivity index (χ0) is 26.9. The molecular formula is C29H30N4O4S. The summed E-state index contributed by atoms with van der Waals surface area (Å²) in [6.45, 7) is 7.23. The molecule has 0 bridgehead atoms. The molecule has 8 nitrogen and oxygen atoms in total. The molecule has 0 aliphatic carbocycles. The number of Topliss-reactive ketones (excluding diaryl/α,β-unsaturated/α-hetero) is 1. The number of methoxy groups -OCH3 is 1. The molecule has 4 heterocycles. The quantitative estimate of drug-likeness (QED) is 0.500. The average molecular weight is 531 g/mol. The van der Waals surface area contributed by atoms with Gasteiger partial charge in [0.05, 0.1) is 10.9 Å². The summed E-state index contributed by atoms with van der Waals surface area (Å²) in [5.41, 5.74) is 1.24. The summed E-state index contributed by atoms with van der Waals surface area (Å²) >= 11 is 1.57. The summed E-state index contributed by atoms with van der Waals surface area (Å²) in [6, 6.07) is 9.27. The summed E-state index contributed by atoms with van der Waals surface area (Å²) in [5, 5.41) is 8.34. The molecule has 1 saturated heterocycles. The van der Waals surface area contributed by atoms with Crippen LogP contribution in [0.3, 0.4) is 0 Å². The Morgan fingerprint density at radius 2 is 2.16 bits per heavy atom. The van der Waals surface area contributed by atoms with Gasteiger partial charge < -0.3 is 14.9 Å². The van der Waals surface area contributed by atoms with Crippen molar-refractivity contribution < 1.29 is 19.2 Å². The van der Waals surface area contributed by atoms with E-state index in [1.54, 1.807) is 50.6 Å². The maximum atomic E-state index is 14.2. The van der Waals surface area contributed by atoms with Crippen LogP contribution in [-0.2, 0) is 14.4 Å². The van der Waals surface area contributed by atoms with E-state index < -0.39 is 5.60 Å². The highest BCUT2D eigenvalue weighted by molar-refractivity contribution is 7.19. The number of aromatic nitrogens is 1. The Hall–Kier alpha value is -3.58. The molecule has 2 aliphatic rings. The SMILES string of the molecule is COCC#Cc1cc2c(N(C(=O)c3ccc(C4=NOC(C)(C)C4=O)cc3C)[C@@H]3CCCNC3)nccc2s1. The van der Waals surface area contributed by atoms with Crippen LogP contribution in [0.5, 0.6) is 0 Å². The number of fused-ring (bicyclic) bond motifs is 1. The standard InChI is InChI=1S/C29H30N4O4S/c1-18-15-19(25-26(34)29(2,3)37-32-25)9-10-22(18)28(35)33(20-7-5-12-30-17-20)27-23-16-21(8-6-14-36-4)38-24(23)11-13-31-27/h9-11,13,15-16,20,30H,5,7,12,14,17H2,1-4H3/t20-/m1/s1. The van der Waals surface area contributed by atoms with E-state index in [1.807, 2.05) is 30.0 Å². The molecule has 1 N–H and O–H groups in total. The fraction of sp³-hybridized carbons (Fsp3) is 0.379. The minimum atomic E-state index is -0.986. The molecule has 5 rings (SSSR count). The number of nitrogens with zero attached hydrogens (tertiary/aromatic N) is 3. The van der Waals surface area contributed by atoms with Crippen LogP contribution in [0.25, 0.3) is 10.1 Å². The van der Waals surface area contributed by atoms with E-state index in [0.717, 1.165) is 39.9 Å². The van der Waals surface area contributed by atoms with Crippen LogP contribution in [0.4, 0.5) is 5.82 Å². The first-order valence-electron chi connectivity index (χ1n) is 12.6. The molecule has 1 amide bonds. The van der Waals surface area contributed by atoms with E-state index in [9.17, 15) is 9.59 Å². The Labute approximate surface area is 226 Å². The third-order valence-electron chi connectivity index (χ3n) is 6.79. The van der Waals surface area contributed by atoms with Gasteiger partial charge in [-0.1, -0.05) is 23.1 Å². The highest BCUT2D eigenvalue weighted by Gasteiger charge is 2.40. The van der Waals surface area contributed by atoms with Crippen molar-refractivity contribution in [3.63, 3.8) is 0 Å². The van der Waals surface area contributed by atoms with Crippen LogP contribution in [0, 0.1) is 18.8 Å². The Bertz CT molecular complexity index is 1490. The number of ether oxygens (including phenoxy) is 1. The van der Waals surface area contributed by atoms with Crippen LogP contribution in [0.15, 0.2) is 41.7 Å². The lowest BCUT2D eigenvalue weighted by atomic mass is 9.93. The molecule has 9 heteroatoms. The number of pyridine rings is 1. The van der Waals surface area contributed by atoms with Crippen LogP contribution < -0.4 is 10.2 Å². The number of rotatable bonds is 5. The van der Waals surface area contributed by atoms with Gasteiger partial charge in [0.15, 0.2) is 11.3 Å². The predicted octanol–water partition coefficient (Wildman–Crippen LogP) is 4.08. The monoisotopic (exact) mass is 530 g/mol. The molecule has 1 atom stereocenters. The summed E-state index contributed by atoms with van der Waals surface area (Å²) in [5.74, 6) is 6.47. The Balaban J connectivity index is 1.54. The van der Waals surface area contributed by atoms with Crippen molar-refractivity contribution >= 4 is 44.6 Å². The van der Waals surface area contributed by atoms with Gasteiger partial charge in [-0.2, -0.15) is 0 Å². The van der Waals surface area contributed by atoms with Crippen molar-refractivity contribution in [2.45, 2.75) is 45.3 Å². The molecule has 0 saturated carbocycles. The van der Waals surface area contributed by atoms with Crippen molar-refractivity contribution in [1.82, 2.24) is 10.3 Å². The van der Waals surface area contributed by atoms with Gasteiger partial charge in [0, 0.05) is 41.1 Å². The van der Waals surface area contributed by atoms with E-state index >= 15 is 0 Å². The normalized spacial score (nSPS) is 18.5. The van der Waals surface area contributed by atoms with Crippen molar-refractivity contribution in [3.05, 3.63) is 58.1 Å². The van der Waals surface area contributed by atoms with Gasteiger partial charge in [-0.25, -0.2) is 4.98 Å². The van der Waals surface area contributed by atoms with Gasteiger partial charge in [0.1, 0.15) is 12.4 Å². The zero-order valence-electron chi connectivity index (χ0n) is 22.0. The molecule has 0 unspecified atom stereocenters. The van der Waals surface area contributed by atoms with Gasteiger partial charge in [0.25, 0.3) is 5.91 Å². The largest absolute Gasteiger partial charge is 0.381 e. The number of carbonyl (C=O) groups excluding carboxylic acids is 2. The topological polar surface area (TPSA) is 93.1 Å². The van der Waals surface area contributed by atoms with E-state index in [2.05, 4.69) is 22.3 Å². The van der Waals surface area contributed by atoms with E-state index in [4.69, 9.17) is 14.6 Å². The van der Waals surface area contributed by atoms with Crippen LogP contribution in [-0.4, -0.2) is 60.8 Å². The number of benzene rings is 1. The Morgan fingerprint density at radius 1 is 1.32 bits per heavy atom. The maximum absolute atomic E-state index is 14.2. The molecule has 196 valence electrons. The molecule has 0 radical (unpaired) electrons. The average Bonchev–Trinajstić information content (AvgIpc) is 3.45. The number of amides is 1. The lowest BCUT2D eigenvalue weighted by molar-refractivity contribution is -0.128. The molecule has 2 aliphatic heterocycles. The fourth-order valence-corrected chi connectivity index (χ4v) is 5.70. The van der Waals surface area contributed by atoms with Gasteiger partial charge in [-0.3, -0.25) is 14.5 Å². The summed E-state index contributed by atoms with van der Waals surface area (Å²) in [7, 11) is 1.62. The van der Waals surface area contributed by atoms with Crippen LogP contribution >= 0.6 is 11.3 Å². The second-order valence-electron chi connectivity index (χ2n) is 9.97. The van der Waals surface area contributed by atoms with E-state index in [1.165, 1.54) is 0 Å². The van der Waals surface area contributed by atoms with Crippen LogP contribution in [0.1, 0.15) is 53.1 Å². The maximum Gasteiger partial charge on any atom is 0.260 e. The second kappa shape index (κ2) is 10.7. The first kappa shape index (κ1) is 26.0. The van der Waals surface area contributed by atoms with Gasteiger partial charge in [-0.05, 0) is 70.0 Å². The van der Waals surface area contributed by atoms with Gasteiger partial charge in [-0.15, -0.1) is 11.3 Å². The number of hydrogen-bond donors (Lipinski definition) is 1. The molecule has 0 spiro atoms. The number of anilines is 1. The van der Waals surface area contributed by atoms with Gasteiger partial charge >= 0.3 is 0 Å². The molecule has 3 aromatic rings. The first-order valence-corrected chi connectivity index (χ1v) is 13.4. The van der Waals surface area contributed by atoms with E-state index in [-0.39, 0.29) is 23.4 Å². The van der Waals surface area contributed by atoms with Crippen molar-refractivity contribution in [2.24, 2.45) is 5.16 Å². The number of oxime groups is 1. The smallest absolute Gasteiger partial charge is 0.260 e. The Kier molecular flexibility index (Phi) is 7.30. The summed E-state index contributed by atoms with van der Waals surface area (Å²) in [6.07, 6.45) is 3.59. The number of ketones is 1. The summed E-state index contributed by atoms with van der Waals surface area (Å²) in [4.78, 5) is 39.7. The van der Waals surface area contributed by atoms with Crippen molar-refractivity contribution in [1.29, 1.82) is 0 Å². The molecule has 2 aromatic heterocycles. The number of hydrogen-bond acceptors (Lipinski definition) is 8. The number of piperidine rings is 1. The van der Waals surface area contributed by atoms with E-state index in [0.29, 0.717) is 30.1 Å². The number of thiophene rings is 1. The summed E-state index contributed by atoms with van der Waals surface area (Å²) < 4.78 is 6.07. The highest BCUT2D eigenvalue weighted by atomic mass is 32.1. The number of nitrogens with one attached hydrogen (secondary N) is 1. The van der Waals surface area contributed by atoms with Crippen LogP contribution in [0.2, 0.25) is 0 Å². The molecule has 1 fully saturated rings. The van der Waals surface area contributed by atoms with Crippen molar-refractivity contribution in [2.75, 3.05) is 31.7 Å². The zero-order valence-corrected chi connectivity index (χ0v) is 22.8. The lowest BCUT2D eigenvalue weighted by Gasteiger charge is -2.34. The first-order chi connectivity index (χ1) is 18.3. The molecule has 1 aromatic carbocycles. The fourth-order valence-electron chi connectivity index (χ4n) is 4.78. The number of aryl methyl sites for hydroxylation is 1. The second-order valence-corrected chi connectivity index (χ2v) is 11.1. The number of carbonyl (C=O) groups is 2. The predicted molar refractivity (Wildman–Crippen MR) is 149 cm³/mol. The third-order valence-corrected chi connectivity index (χ3v) is 7.81. The highest BCUT2D eigenvalue weighted by Crippen LogP contribution is 2.34. The third kappa shape index (κ3) is 4.95. The lowest BCUT2D eigenvalue weighted by Crippen LogP contribution is -2.49. The van der Waals surface area contributed by atoms with Gasteiger partial charge in [0.2, 0.25) is 5.78 Å². The molecular weight excluding hydrogens is 500 g/mol. The molecule has 38 heavy (non-hydrogen) atoms.